The minimum atomic E-state index is -2.99. The van der Waals surface area contributed by atoms with Crippen LogP contribution in [0, 0.1) is 5.92 Å². The van der Waals surface area contributed by atoms with Crippen molar-refractivity contribution in [2.24, 2.45) is 11.7 Å². The molecule has 2 fully saturated rings. The molecule has 1 aliphatic heterocycles. The molecule has 0 spiro atoms. The molecule has 2 heterocycles. The Labute approximate surface area is 195 Å². The number of nitrogens with one attached hydrogen (secondary N) is 1. The van der Waals surface area contributed by atoms with E-state index < -0.39 is 24.8 Å². The minimum Gasteiger partial charge on any atom is -0.489 e. The summed E-state index contributed by atoms with van der Waals surface area (Å²) in [6.07, 6.45) is 1.24. The lowest BCUT2D eigenvalue weighted by Gasteiger charge is -2.30. The van der Waals surface area contributed by atoms with Gasteiger partial charge >= 0.3 is 6.61 Å². The van der Waals surface area contributed by atoms with Crippen LogP contribution in [-0.2, 0) is 0 Å². The molecule has 1 saturated carbocycles. The second-order valence-electron chi connectivity index (χ2n) is 8.04. The van der Waals surface area contributed by atoms with E-state index in [4.69, 9.17) is 14.9 Å². The Bertz CT molecular complexity index is 970. The number of nitrogens with two attached hydrogens (primary N) is 1. The largest absolute Gasteiger partial charge is 0.489 e. The maximum absolute atomic E-state index is 13.0. The number of oxazole rings is 1. The molecule has 0 radical (unpaired) electrons. The molecule has 9 nitrogen and oxygen atoms in total. The summed E-state index contributed by atoms with van der Waals surface area (Å²) >= 11 is 0. The highest BCUT2D eigenvalue weighted by Gasteiger charge is 2.30. The number of aliphatic hydroxyl groups is 1. The van der Waals surface area contributed by atoms with Crippen LogP contribution in [0.2, 0.25) is 0 Å². The number of halogens is 3. The molecule has 4 N–H and O–H groups in total. The Hall–Kier alpha value is -2.47. The van der Waals surface area contributed by atoms with Crippen molar-refractivity contribution in [2.75, 3.05) is 26.2 Å². The van der Waals surface area contributed by atoms with Crippen LogP contribution in [-0.4, -0.2) is 60.0 Å². The van der Waals surface area contributed by atoms with Gasteiger partial charge in [-0.3, -0.25) is 10.1 Å². The number of ether oxygens (including phenoxy) is 2. The quantitative estimate of drug-likeness (QED) is 0.518. The summed E-state index contributed by atoms with van der Waals surface area (Å²) in [7, 11) is 0. The number of β-amino-alcohol motifs (C(OH)–C–C–N with tert-alkyl or cyclic N) is 1. The molecule has 2 atom stereocenters. The second-order valence-corrected chi connectivity index (χ2v) is 8.04. The van der Waals surface area contributed by atoms with Gasteiger partial charge in [0.15, 0.2) is 23.0 Å². The fraction of sp³-hybridized carbons (Fsp3) is 0.524. The van der Waals surface area contributed by atoms with Crippen LogP contribution >= 0.6 is 12.4 Å². The number of carbonyl (C=O) groups excluding carboxylic acids is 1. The van der Waals surface area contributed by atoms with E-state index in [-0.39, 0.29) is 47.8 Å². The third kappa shape index (κ3) is 6.11. The van der Waals surface area contributed by atoms with E-state index in [0.717, 1.165) is 12.8 Å². The van der Waals surface area contributed by atoms with Gasteiger partial charge in [0.1, 0.15) is 6.23 Å². The summed E-state index contributed by atoms with van der Waals surface area (Å²) in [5.74, 6) is 0.365. The van der Waals surface area contributed by atoms with Crippen molar-refractivity contribution >= 4 is 18.3 Å². The lowest BCUT2D eigenvalue weighted by molar-refractivity contribution is -0.0515. The average molecular weight is 489 g/mol. The van der Waals surface area contributed by atoms with Crippen molar-refractivity contribution in [2.45, 2.75) is 38.6 Å². The van der Waals surface area contributed by atoms with Crippen LogP contribution in [0.1, 0.15) is 42.1 Å². The van der Waals surface area contributed by atoms with E-state index in [1.54, 1.807) is 6.92 Å². The standard InChI is InChI=1S/C21H26F2N4O5.ClH/c1-11(24)18-17(20(29)27-7-6-25-16(28)9-27)26-19(32-18)13-4-5-14(31-21(22)23)15(8-13)30-10-12-2-3-12;/h4-5,8,11-12,16,21,25,28H,2-3,6-7,9-10,24H2,1H3;1H/t11?,16-;/m0./s1. The average Bonchev–Trinajstić information content (AvgIpc) is 3.47. The predicted octanol–water partition coefficient (Wildman–Crippen LogP) is 2.54. The molecule has 1 unspecified atom stereocenters. The van der Waals surface area contributed by atoms with Crippen molar-refractivity contribution in [1.82, 2.24) is 15.2 Å². The summed E-state index contributed by atoms with van der Waals surface area (Å²) in [4.78, 5) is 18.9. The molecule has 4 rings (SSSR count). The van der Waals surface area contributed by atoms with Crippen LogP contribution in [0.3, 0.4) is 0 Å². The lowest BCUT2D eigenvalue weighted by atomic mass is 10.2. The molecule has 0 bridgehead atoms. The van der Waals surface area contributed by atoms with Gasteiger partial charge in [0, 0.05) is 18.7 Å². The number of nitrogens with zero attached hydrogens (tertiary/aromatic N) is 2. The number of amides is 1. The van der Waals surface area contributed by atoms with E-state index in [1.807, 2.05) is 0 Å². The maximum atomic E-state index is 13.0. The van der Waals surface area contributed by atoms with Gasteiger partial charge in [-0.15, -0.1) is 12.4 Å². The van der Waals surface area contributed by atoms with Gasteiger partial charge in [0.2, 0.25) is 5.89 Å². The van der Waals surface area contributed by atoms with Crippen LogP contribution in [0.5, 0.6) is 11.5 Å². The highest BCUT2D eigenvalue weighted by Crippen LogP contribution is 2.37. The van der Waals surface area contributed by atoms with E-state index in [1.165, 1.54) is 23.1 Å². The van der Waals surface area contributed by atoms with Gasteiger partial charge in [0.25, 0.3) is 5.91 Å². The van der Waals surface area contributed by atoms with Crippen molar-refractivity contribution in [3.8, 4) is 23.0 Å². The number of benzene rings is 1. The van der Waals surface area contributed by atoms with Crippen LogP contribution in [0.15, 0.2) is 22.6 Å². The first-order valence-electron chi connectivity index (χ1n) is 10.5. The number of alkyl halides is 2. The van der Waals surface area contributed by atoms with Crippen LogP contribution in [0.25, 0.3) is 11.5 Å². The smallest absolute Gasteiger partial charge is 0.387 e. The SMILES string of the molecule is CC(N)c1oc(-c2ccc(OC(F)F)c(OCC3CC3)c2)nc1C(=O)N1CCN[C@@H](O)C1.Cl. The molecule has 1 aromatic carbocycles. The zero-order valence-electron chi connectivity index (χ0n) is 18.0. The molecule has 33 heavy (non-hydrogen) atoms. The summed E-state index contributed by atoms with van der Waals surface area (Å²) in [5, 5.41) is 12.6. The fourth-order valence-electron chi connectivity index (χ4n) is 3.42. The highest BCUT2D eigenvalue weighted by molar-refractivity contribution is 5.94. The summed E-state index contributed by atoms with van der Waals surface area (Å²) in [6, 6.07) is 3.74. The molecular formula is C21H27ClF2N4O5. The Morgan fingerprint density at radius 1 is 1.39 bits per heavy atom. The molecular weight excluding hydrogens is 462 g/mol. The Morgan fingerprint density at radius 2 is 2.15 bits per heavy atom. The molecule has 1 aliphatic carbocycles. The molecule has 1 amide bonds. The molecule has 12 heteroatoms. The minimum absolute atomic E-state index is 0. The first-order chi connectivity index (χ1) is 15.3. The van der Waals surface area contributed by atoms with Gasteiger partial charge in [-0.1, -0.05) is 0 Å². The number of carbonyl (C=O) groups is 1. The van der Waals surface area contributed by atoms with E-state index in [9.17, 15) is 18.7 Å². The third-order valence-electron chi connectivity index (χ3n) is 5.29. The van der Waals surface area contributed by atoms with E-state index >= 15 is 0 Å². The molecule has 2 aromatic rings. The zero-order chi connectivity index (χ0) is 22.8. The molecule has 2 aliphatic rings. The van der Waals surface area contributed by atoms with Gasteiger partial charge in [0.05, 0.1) is 19.2 Å². The first-order valence-corrected chi connectivity index (χ1v) is 10.5. The zero-order valence-corrected chi connectivity index (χ0v) is 18.8. The first kappa shape index (κ1) is 25.2. The van der Waals surface area contributed by atoms with E-state index in [2.05, 4.69) is 15.0 Å². The van der Waals surface area contributed by atoms with Gasteiger partial charge in [-0.05, 0) is 43.9 Å². The number of hydrogen-bond acceptors (Lipinski definition) is 8. The molecule has 1 saturated heterocycles. The number of aromatic nitrogens is 1. The third-order valence-corrected chi connectivity index (χ3v) is 5.29. The number of piperazine rings is 1. The summed E-state index contributed by atoms with van der Waals surface area (Å²) in [5.41, 5.74) is 6.49. The predicted molar refractivity (Wildman–Crippen MR) is 117 cm³/mol. The second kappa shape index (κ2) is 10.6. The van der Waals surface area contributed by atoms with Gasteiger partial charge in [-0.2, -0.15) is 8.78 Å². The summed E-state index contributed by atoms with van der Waals surface area (Å²) < 4.78 is 41.6. The van der Waals surface area contributed by atoms with Crippen molar-refractivity contribution < 1.29 is 32.6 Å². The topological polar surface area (TPSA) is 123 Å². The summed E-state index contributed by atoms with van der Waals surface area (Å²) in [6.45, 7) is 0.0206. The van der Waals surface area contributed by atoms with Gasteiger partial charge in [-0.25, -0.2) is 4.98 Å². The van der Waals surface area contributed by atoms with E-state index in [0.29, 0.717) is 31.2 Å². The van der Waals surface area contributed by atoms with Crippen molar-refractivity contribution in [3.05, 3.63) is 29.7 Å². The van der Waals surface area contributed by atoms with Crippen LogP contribution < -0.4 is 20.5 Å². The van der Waals surface area contributed by atoms with Crippen molar-refractivity contribution in [1.29, 1.82) is 0 Å². The van der Waals surface area contributed by atoms with Crippen molar-refractivity contribution in [3.63, 3.8) is 0 Å². The maximum Gasteiger partial charge on any atom is 0.387 e. The molecule has 1 aromatic heterocycles. The lowest BCUT2D eigenvalue weighted by Crippen LogP contribution is -2.52. The Balaban J connectivity index is 0.00000306. The van der Waals surface area contributed by atoms with Crippen LogP contribution in [0.4, 0.5) is 8.78 Å². The Morgan fingerprint density at radius 3 is 2.79 bits per heavy atom. The molecule has 182 valence electrons. The fourth-order valence-corrected chi connectivity index (χ4v) is 3.42. The highest BCUT2D eigenvalue weighted by atomic mass is 35.5. The normalized spacial score (nSPS) is 19.2. The monoisotopic (exact) mass is 488 g/mol. The number of rotatable bonds is 8. The number of aliphatic hydroxyl groups excluding tert-OH is 1. The van der Waals surface area contributed by atoms with Gasteiger partial charge < -0.3 is 29.6 Å². The number of hydrogen-bond donors (Lipinski definition) is 3. The Kier molecular flexibility index (Phi) is 8.11.